The van der Waals surface area contributed by atoms with Crippen LogP contribution < -0.4 is 15.8 Å². The Morgan fingerprint density at radius 1 is 1.33 bits per heavy atom. The van der Waals surface area contributed by atoms with E-state index in [4.69, 9.17) is 19.9 Å². The molecule has 0 saturated carbocycles. The Morgan fingerprint density at radius 2 is 2.19 bits per heavy atom. The number of aliphatic imine (C=N–C) groups is 1. The summed E-state index contributed by atoms with van der Waals surface area (Å²) < 4.78 is 16.5. The fraction of sp³-hybridized carbons (Fsp3) is 0.667. The van der Waals surface area contributed by atoms with Gasteiger partial charge in [0.05, 0.1) is 33.0 Å². The first-order chi connectivity index (χ1) is 12.8. The van der Waals surface area contributed by atoms with Crippen molar-refractivity contribution in [2.24, 2.45) is 10.7 Å². The van der Waals surface area contributed by atoms with Crippen LogP contribution >= 0.6 is 24.0 Å². The Morgan fingerprint density at radius 3 is 2.96 bits per heavy atom. The van der Waals surface area contributed by atoms with Crippen molar-refractivity contribution in [3.63, 3.8) is 0 Å². The Hall–Kier alpha value is -1.17. The van der Waals surface area contributed by atoms with Gasteiger partial charge in [0.2, 0.25) is 5.88 Å². The standard InChI is InChI=1S/C18H29N5O3.HI/c19-18(21-4-1-6-23-7-10-24-11-8-23)22-13-15-2-5-20-17(12-15)26-16-3-9-25-14-16;/h2,5,12,16H,1,3-4,6-11,13-14H2,(H3,19,21,22);1H. The van der Waals surface area contributed by atoms with E-state index in [0.29, 0.717) is 25.0 Å². The molecule has 1 unspecified atom stereocenters. The maximum Gasteiger partial charge on any atom is 0.213 e. The van der Waals surface area contributed by atoms with Gasteiger partial charge in [0.15, 0.2) is 5.96 Å². The quantitative estimate of drug-likeness (QED) is 0.243. The maximum absolute atomic E-state index is 5.95. The number of aromatic nitrogens is 1. The largest absolute Gasteiger partial charge is 0.472 e. The van der Waals surface area contributed by atoms with Crippen molar-refractivity contribution in [2.75, 3.05) is 52.6 Å². The SMILES string of the molecule is I.NC(=NCc1ccnc(OC2CCOC2)c1)NCCCN1CCOCC1. The van der Waals surface area contributed by atoms with Crippen LogP contribution in [0.4, 0.5) is 0 Å². The minimum absolute atomic E-state index is 0. The number of nitrogens with zero attached hydrogens (tertiary/aromatic N) is 3. The summed E-state index contributed by atoms with van der Waals surface area (Å²) in [7, 11) is 0. The summed E-state index contributed by atoms with van der Waals surface area (Å²) in [6.45, 7) is 7.46. The maximum atomic E-state index is 5.95. The van der Waals surface area contributed by atoms with Gasteiger partial charge in [-0.05, 0) is 24.6 Å². The molecule has 3 rings (SSSR count). The van der Waals surface area contributed by atoms with Gasteiger partial charge in [-0.2, -0.15) is 0 Å². The average molecular weight is 491 g/mol. The lowest BCUT2D eigenvalue weighted by molar-refractivity contribution is 0.0376. The normalized spacial score (nSPS) is 20.9. The van der Waals surface area contributed by atoms with Crippen molar-refractivity contribution in [1.82, 2.24) is 15.2 Å². The predicted molar refractivity (Wildman–Crippen MR) is 115 cm³/mol. The van der Waals surface area contributed by atoms with Crippen LogP contribution in [-0.2, 0) is 16.0 Å². The third-order valence-electron chi connectivity index (χ3n) is 4.47. The van der Waals surface area contributed by atoms with E-state index in [1.54, 1.807) is 6.20 Å². The van der Waals surface area contributed by atoms with E-state index in [1.807, 2.05) is 12.1 Å². The molecular formula is C18H30IN5O3. The molecule has 0 aliphatic carbocycles. The van der Waals surface area contributed by atoms with Crippen molar-refractivity contribution >= 4 is 29.9 Å². The molecule has 1 aromatic rings. The van der Waals surface area contributed by atoms with Gasteiger partial charge < -0.3 is 25.3 Å². The van der Waals surface area contributed by atoms with Crippen LogP contribution in [0.25, 0.3) is 0 Å². The molecule has 0 bridgehead atoms. The Balaban J connectivity index is 0.00000261. The first-order valence-corrected chi connectivity index (χ1v) is 9.33. The van der Waals surface area contributed by atoms with E-state index in [1.165, 1.54) is 0 Å². The smallest absolute Gasteiger partial charge is 0.213 e. The summed E-state index contributed by atoms with van der Waals surface area (Å²) in [5.74, 6) is 1.08. The number of ether oxygens (including phenoxy) is 3. The summed E-state index contributed by atoms with van der Waals surface area (Å²) in [4.78, 5) is 11.1. The van der Waals surface area contributed by atoms with Gasteiger partial charge in [-0.3, -0.25) is 4.90 Å². The summed E-state index contributed by atoms with van der Waals surface area (Å²) in [5, 5.41) is 3.17. The first kappa shape index (κ1) is 22.1. The molecule has 0 radical (unpaired) electrons. The van der Waals surface area contributed by atoms with Gasteiger partial charge >= 0.3 is 0 Å². The number of guanidine groups is 1. The molecule has 2 fully saturated rings. The minimum Gasteiger partial charge on any atom is -0.472 e. The van der Waals surface area contributed by atoms with Crippen LogP contribution in [0.5, 0.6) is 5.88 Å². The van der Waals surface area contributed by atoms with Crippen LogP contribution in [0.15, 0.2) is 23.3 Å². The second-order valence-corrected chi connectivity index (χ2v) is 6.54. The Kier molecular flexibility index (Phi) is 10.1. The van der Waals surface area contributed by atoms with Crippen molar-refractivity contribution in [1.29, 1.82) is 0 Å². The molecule has 9 heteroatoms. The number of pyridine rings is 1. The lowest BCUT2D eigenvalue weighted by Crippen LogP contribution is -2.39. The molecule has 1 atom stereocenters. The third kappa shape index (κ3) is 8.16. The molecular weight excluding hydrogens is 461 g/mol. The van der Waals surface area contributed by atoms with E-state index in [2.05, 4.69) is 20.2 Å². The third-order valence-corrected chi connectivity index (χ3v) is 4.47. The number of hydrogen-bond acceptors (Lipinski definition) is 6. The monoisotopic (exact) mass is 491 g/mol. The Bertz CT molecular complexity index is 578. The van der Waals surface area contributed by atoms with Gasteiger partial charge in [-0.1, -0.05) is 0 Å². The summed E-state index contributed by atoms with van der Waals surface area (Å²) in [6, 6.07) is 3.83. The number of nitrogens with two attached hydrogens (primary N) is 1. The van der Waals surface area contributed by atoms with E-state index in [-0.39, 0.29) is 30.1 Å². The minimum atomic E-state index is 0. The molecule has 27 heavy (non-hydrogen) atoms. The average Bonchev–Trinajstić information content (AvgIpc) is 3.18. The first-order valence-electron chi connectivity index (χ1n) is 9.33. The second-order valence-electron chi connectivity index (χ2n) is 6.54. The van der Waals surface area contributed by atoms with Crippen molar-refractivity contribution < 1.29 is 14.2 Å². The molecule has 2 saturated heterocycles. The molecule has 3 N–H and O–H groups in total. The van der Waals surface area contributed by atoms with Crippen molar-refractivity contribution in [3.8, 4) is 5.88 Å². The summed E-state index contributed by atoms with van der Waals surface area (Å²) in [5.41, 5.74) is 6.97. The zero-order chi connectivity index (χ0) is 18.0. The molecule has 2 aliphatic rings. The molecule has 1 aromatic heterocycles. The molecule has 0 spiro atoms. The molecule has 2 aliphatic heterocycles. The van der Waals surface area contributed by atoms with Crippen LogP contribution in [0, 0.1) is 0 Å². The summed E-state index contributed by atoms with van der Waals surface area (Å²) in [6.07, 6.45) is 3.78. The lowest BCUT2D eigenvalue weighted by Gasteiger charge is -2.26. The number of nitrogens with one attached hydrogen (secondary N) is 1. The highest BCUT2D eigenvalue weighted by Gasteiger charge is 2.17. The molecule has 0 amide bonds. The van der Waals surface area contributed by atoms with E-state index in [9.17, 15) is 0 Å². The molecule has 0 aromatic carbocycles. The fourth-order valence-electron chi connectivity index (χ4n) is 2.97. The fourth-order valence-corrected chi connectivity index (χ4v) is 2.97. The van der Waals surface area contributed by atoms with E-state index >= 15 is 0 Å². The van der Waals surface area contributed by atoms with Crippen molar-refractivity contribution in [2.45, 2.75) is 25.5 Å². The number of hydrogen-bond donors (Lipinski definition) is 2. The number of rotatable bonds is 8. The van der Waals surface area contributed by atoms with Gasteiger partial charge in [0.25, 0.3) is 0 Å². The number of morpholine rings is 1. The van der Waals surface area contributed by atoms with Gasteiger partial charge in [-0.15, -0.1) is 24.0 Å². The topological polar surface area (TPSA) is 94.2 Å². The van der Waals surface area contributed by atoms with Crippen LogP contribution in [0.2, 0.25) is 0 Å². The van der Waals surface area contributed by atoms with Crippen LogP contribution in [0.3, 0.4) is 0 Å². The zero-order valence-electron chi connectivity index (χ0n) is 15.6. The van der Waals surface area contributed by atoms with Gasteiger partial charge in [0.1, 0.15) is 6.10 Å². The van der Waals surface area contributed by atoms with Crippen molar-refractivity contribution in [3.05, 3.63) is 23.9 Å². The summed E-state index contributed by atoms with van der Waals surface area (Å²) >= 11 is 0. The zero-order valence-corrected chi connectivity index (χ0v) is 18.0. The Labute approximate surface area is 177 Å². The molecule has 3 heterocycles. The van der Waals surface area contributed by atoms with E-state index in [0.717, 1.165) is 64.4 Å². The predicted octanol–water partition coefficient (Wildman–Crippen LogP) is 0.994. The number of halogens is 1. The molecule has 152 valence electrons. The highest BCUT2D eigenvalue weighted by molar-refractivity contribution is 14.0. The van der Waals surface area contributed by atoms with Crippen LogP contribution in [-0.4, -0.2) is 74.6 Å². The highest BCUT2D eigenvalue weighted by Crippen LogP contribution is 2.16. The van der Waals surface area contributed by atoms with Gasteiger partial charge in [-0.25, -0.2) is 9.98 Å². The van der Waals surface area contributed by atoms with Crippen LogP contribution in [0.1, 0.15) is 18.4 Å². The molecule has 8 nitrogen and oxygen atoms in total. The van der Waals surface area contributed by atoms with Gasteiger partial charge in [0, 0.05) is 38.3 Å². The second kappa shape index (κ2) is 12.3. The van der Waals surface area contributed by atoms with E-state index < -0.39 is 0 Å². The lowest BCUT2D eigenvalue weighted by atomic mass is 10.2. The highest BCUT2D eigenvalue weighted by atomic mass is 127.